The van der Waals surface area contributed by atoms with Gasteiger partial charge in [0.15, 0.2) is 5.13 Å². The normalized spacial score (nSPS) is 17.2. The number of carbonyl (C=O) groups is 3. The molecule has 8 nitrogen and oxygen atoms in total. The number of anilines is 2. The van der Waals surface area contributed by atoms with Crippen LogP contribution < -0.4 is 15.4 Å². The minimum Gasteiger partial charge on any atom is -0.497 e. The van der Waals surface area contributed by atoms with Crippen LogP contribution in [-0.4, -0.2) is 35.0 Å². The first-order valence-corrected chi connectivity index (χ1v) is 14.4. The van der Waals surface area contributed by atoms with Gasteiger partial charge in [0.25, 0.3) is 0 Å². The standard InChI is InChI=1S/C30H27N3O5S2/c1-38-20-13-16-24-25(17-20)40-30(32-24)33-28(35)26(18-7-3-2-4-8-18)39-21-14-11-19(12-15-21)31-27(34)22-9-5-6-10-23(22)29(36)37/h2-8,11-17,22-23,26H,9-10H2,1H3,(H,31,34)(H,36,37)(H,32,33,35). The third-order valence-electron chi connectivity index (χ3n) is 6.63. The molecule has 3 unspecified atom stereocenters. The Balaban J connectivity index is 1.30. The van der Waals surface area contributed by atoms with Crippen molar-refractivity contribution in [1.82, 2.24) is 4.98 Å². The van der Waals surface area contributed by atoms with Gasteiger partial charge in [-0.3, -0.25) is 14.4 Å². The fraction of sp³-hybridized carbons (Fsp3) is 0.200. The van der Waals surface area contributed by atoms with E-state index < -0.39 is 23.1 Å². The number of carboxylic acids is 1. The van der Waals surface area contributed by atoms with E-state index in [0.717, 1.165) is 26.4 Å². The number of carbonyl (C=O) groups excluding carboxylic acids is 2. The summed E-state index contributed by atoms with van der Waals surface area (Å²) in [6.07, 6.45) is 4.40. The van der Waals surface area contributed by atoms with Gasteiger partial charge < -0.3 is 20.5 Å². The zero-order chi connectivity index (χ0) is 28.1. The summed E-state index contributed by atoms with van der Waals surface area (Å²) in [4.78, 5) is 43.3. The second-order valence-electron chi connectivity index (χ2n) is 9.26. The first-order valence-electron chi connectivity index (χ1n) is 12.7. The van der Waals surface area contributed by atoms with Crippen LogP contribution in [0.5, 0.6) is 5.75 Å². The molecule has 3 N–H and O–H groups in total. The molecule has 2 amide bonds. The summed E-state index contributed by atoms with van der Waals surface area (Å²) in [6, 6.07) is 22.3. The molecule has 1 aliphatic rings. The maximum atomic E-state index is 13.5. The van der Waals surface area contributed by atoms with E-state index in [4.69, 9.17) is 4.74 Å². The zero-order valence-electron chi connectivity index (χ0n) is 21.6. The Bertz CT molecular complexity index is 1550. The molecule has 204 valence electrons. The summed E-state index contributed by atoms with van der Waals surface area (Å²) >= 11 is 2.77. The summed E-state index contributed by atoms with van der Waals surface area (Å²) in [5, 5.41) is 15.2. The number of hydrogen-bond donors (Lipinski definition) is 3. The lowest BCUT2D eigenvalue weighted by Crippen LogP contribution is -2.34. The van der Waals surface area contributed by atoms with E-state index in [-0.39, 0.29) is 11.8 Å². The number of hydrogen-bond acceptors (Lipinski definition) is 7. The van der Waals surface area contributed by atoms with Gasteiger partial charge in [-0.05, 0) is 60.9 Å². The molecule has 10 heteroatoms. The van der Waals surface area contributed by atoms with Crippen LogP contribution in [-0.2, 0) is 14.4 Å². The largest absolute Gasteiger partial charge is 0.497 e. The van der Waals surface area contributed by atoms with Crippen molar-refractivity contribution in [3.8, 4) is 5.75 Å². The second-order valence-corrected chi connectivity index (χ2v) is 11.5. The van der Waals surface area contributed by atoms with Crippen molar-refractivity contribution in [3.63, 3.8) is 0 Å². The fourth-order valence-electron chi connectivity index (χ4n) is 4.52. The number of nitrogens with one attached hydrogen (secondary N) is 2. The molecule has 0 saturated heterocycles. The Labute approximate surface area is 239 Å². The molecule has 1 aromatic heterocycles. The number of aromatic nitrogens is 1. The number of methoxy groups -OCH3 is 1. The van der Waals surface area contributed by atoms with E-state index in [1.165, 1.54) is 23.1 Å². The number of amides is 2. The van der Waals surface area contributed by atoms with Crippen molar-refractivity contribution < 1.29 is 24.2 Å². The van der Waals surface area contributed by atoms with Crippen molar-refractivity contribution in [3.05, 3.63) is 90.5 Å². The molecular formula is C30H27N3O5S2. The van der Waals surface area contributed by atoms with Gasteiger partial charge in [0.1, 0.15) is 11.0 Å². The van der Waals surface area contributed by atoms with Crippen LogP contribution in [0.2, 0.25) is 0 Å². The molecule has 1 heterocycles. The Hall–Kier alpha value is -4.15. The minimum absolute atomic E-state index is 0.204. The number of aliphatic carboxylic acids is 1. The molecule has 0 aliphatic heterocycles. The number of rotatable bonds is 9. The van der Waals surface area contributed by atoms with Crippen LogP contribution in [0.15, 0.2) is 89.8 Å². The predicted octanol–water partition coefficient (Wildman–Crippen LogP) is 6.38. The first kappa shape index (κ1) is 27.4. The van der Waals surface area contributed by atoms with Crippen molar-refractivity contribution in [2.75, 3.05) is 17.7 Å². The summed E-state index contributed by atoms with van der Waals surface area (Å²) in [7, 11) is 1.61. The van der Waals surface area contributed by atoms with Crippen LogP contribution >= 0.6 is 23.1 Å². The molecule has 3 atom stereocenters. The average Bonchev–Trinajstić information content (AvgIpc) is 3.38. The molecule has 5 rings (SSSR count). The van der Waals surface area contributed by atoms with E-state index >= 15 is 0 Å². The fourth-order valence-corrected chi connectivity index (χ4v) is 6.44. The second kappa shape index (κ2) is 12.4. The number of thioether (sulfide) groups is 1. The van der Waals surface area contributed by atoms with Crippen LogP contribution in [0.4, 0.5) is 10.8 Å². The third kappa shape index (κ3) is 6.35. The summed E-state index contributed by atoms with van der Waals surface area (Å²) < 4.78 is 6.20. The first-order chi connectivity index (χ1) is 19.4. The van der Waals surface area contributed by atoms with Crippen LogP contribution in [0.3, 0.4) is 0 Å². The highest BCUT2D eigenvalue weighted by atomic mass is 32.2. The van der Waals surface area contributed by atoms with Gasteiger partial charge in [-0.2, -0.15) is 0 Å². The van der Waals surface area contributed by atoms with Gasteiger partial charge in [0.05, 0.1) is 29.2 Å². The van der Waals surface area contributed by atoms with Gasteiger partial charge in [-0.15, -0.1) is 11.8 Å². The average molecular weight is 574 g/mol. The van der Waals surface area contributed by atoms with Crippen LogP contribution in [0, 0.1) is 11.8 Å². The zero-order valence-corrected chi connectivity index (χ0v) is 23.2. The SMILES string of the molecule is COc1ccc2nc(NC(=O)C(Sc3ccc(NC(=O)C4CC=CCC4C(=O)O)cc3)c3ccccc3)sc2c1. The predicted molar refractivity (Wildman–Crippen MR) is 158 cm³/mol. The number of ether oxygens (including phenoxy) is 1. The quantitative estimate of drug-likeness (QED) is 0.157. The molecule has 0 spiro atoms. The highest BCUT2D eigenvalue weighted by molar-refractivity contribution is 8.00. The maximum absolute atomic E-state index is 13.5. The highest BCUT2D eigenvalue weighted by Gasteiger charge is 2.34. The molecule has 0 fully saturated rings. The van der Waals surface area contributed by atoms with E-state index in [0.29, 0.717) is 23.7 Å². The maximum Gasteiger partial charge on any atom is 0.307 e. The lowest BCUT2D eigenvalue weighted by Gasteiger charge is -2.24. The number of allylic oxidation sites excluding steroid dienone is 2. The van der Waals surface area contributed by atoms with Crippen molar-refractivity contribution in [1.29, 1.82) is 0 Å². The molecule has 0 saturated carbocycles. The summed E-state index contributed by atoms with van der Waals surface area (Å²) in [6.45, 7) is 0. The Morgan fingerprint density at radius 1 is 0.975 bits per heavy atom. The lowest BCUT2D eigenvalue weighted by molar-refractivity contribution is -0.146. The topological polar surface area (TPSA) is 118 Å². The number of nitrogens with zero attached hydrogens (tertiary/aromatic N) is 1. The number of thiazole rings is 1. The van der Waals surface area contributed by atoms with E-state index in [9.17, 15) is 19.5 Å². The number of benzene rings is 3. The van der Waals surface area contributed by atoms with E-state index in [1.807, 2.05) is 72.8 Å². The van der Waals surface area contributed by atoms with Crippen LogP contribution in [0.25, 0.3) is 10.2 Å². The molecule has 1 aliphatic carbocycles. The van der Waals surface area contributed by atoms with Gasteiger partial charge in [-0.1, -0.05) is 53.8 Å². The molecule has 0 radical (unpaired) electrons. The van der Waals surface area contributed by atoms with E-state index in [1.54, 1.807) is 19.2 Å². The van der Waals surface area contributed by atoms with Gasteiger partial charge in [0, 0.05) is 10.6 Å². The van der Waals surface area contributed by atoms with Gasteiger partial charge >= 0.3 is 5.97 Å². The van der Waals surface area contributed by atoms with Gasteiger partial charge in [0.2, 0.25) is 11.8 Å². The van der Waals surface area contributed by atoms with E-state index in [2.05, 4.69) is 15.6 Å². The Morgan fingerprint density at radius 3 is 2.40 bits per heavy atom. The number of carboxylic acid groups (broad SMARTS) is 1. The highest BCUT2D eigenvalue weighted by Crippen LogP contribution is 2.38. The molecule has 40 heavy (non-hydrogen) atoms. The molecule has 0 bridgehead atoms. The monoisotopic (exact) mass is 573 g/mol. The third-order valence-corrected chi connectivity index (χ3v) is 8.83. The smallest absolute Gasteiger partial charge is 0.307 e. The van der Waals surface area contributed by atoms with Crippen LogP contribution in [0.1, 0.15) is 23.7 Å². The van der Waals surface area contributed by atoms with Gasteiger partial charge in [-0.25, -0.2) is 4.98 Å². The summed E-state index contributed by atoms with van der Waals surface area (Å²) in [5.41, 5.74) is 2.19. The number of fused-ring (bicyclic) bond motifs is 1. The van der Waals surface area contributed by atoms with Crippen molar-refractivity contribution in [2.45, 2.75) is 23.0 Å². The van der Waals surface area contributed by atoms with Crippen molar-refractivity contribution in [2.24, 2.45) is 11.8 Å². The lowest BCUT2D eigenvalue weighted by atomic mass is 9.82. The summed E-state index contributed by atoms with van der Waals surface area (Å²) in [5.74, 6) is -2.11. The van der Waals surface area contributed by atoms with Crippen molar-refractivity contribution >= 4 is 61.9 Å². The molecule has 3 aromatic carbocycles. The Morgan fingerprint density at radius 2 is 1.70 bits per heavy atom. The Kier molecular flexibility index (Phi) is 8.47. The molecular weight excluding hydrogens is 546 g/mol. The minimum atomic E-state index is -0.966. The molecule has 4 aromatic rings.